The van der Waals surface area contributed by atoms with Crippen molar-refractivity contribution in [3.8, 4) is 0 Å². The summed E-state index contributed by atoms with van der Waals surface area (Å²) in [5, 5.41) is 0.180. The lowest BCUT2D eigenvalue weighted by Crippen LogP contribution is -2.42. The van der Waals surface area contributed by atoms with Gasteiger partial charge in [0.25, 0.3) is 0 Å². The van der Waals surface area contributed by atoms with Crippen LogP contribution in [0.1, 0.15) is 32.8 Å². The van der Waals surface area contributed by atoms with Gasteiger partial charge >= 0.3 is 5.97 Å². The highest BCUT2D eigenvalue weighted by molar-refractivity contribution is 6.74. The molecule has 1 fully saturated rings. The Morgan fingerprint density at radius 1 is 1.23 bits per heavy atom. The van der Waals surface area contributed by atoms with Crippen LogP contribution in [0, 0.1) is 5.92 Å². The van der Waals surface area contributed by atoms with Crippen molar-refractivity contribution in [1.82, 2.24) is 0 Å². The van der Waals surface area contributed by atoms with E-state index in [0.29, 0.717) is 6.61 Å². The smallest absolute Gasteiger partial charge is 0.309 e. The second kappa shape index (κ2) is 6.55. The normalized spacial score (nSPS) is 22.7. The van der Waals surface area contributed by atoms with E-state index in [1.54, 1.807) is 0 Å². The molecule has 0 bridgehead atoms. The van der Waals surface area contributed by atoms with Gasteiger partial charge in [0.1, 0.15) is 6.10 Å². The van der Waals surface area contributed by atoms with Gasteiger partial charge in [-0.05, 0) is 30.1 Å². The van der Waals surface area contributed by atoms with Crippen molar-refractivity contribution >= 4 is 14.3 Å². The van der Waals surface area contributed by atoms with E-state index in [-0.39, 0.29) is 23.0 Å². The SMILES string of the molecule is CC(C)(C)[Si](C)(C)OC[C@@H]1C[C@H](Cc2ccccc2)C(=O)O1. The van der Waals surface area contributed by atoms with Crippen LogP contribution in [0.4, 0.5) is 0 Å². The van der Waals surface area contributed by atoms with Gasteiger partial charge in [-0.1, -0.05) is 51.1 Å². The summed E-state index contributed by atoms with van der Waals surface area (Å²) >= 11 is 0. The molecular formula is C18H28O3Si. The molecule has 1 saturated heterocycles. The van der Waals surface area contributed by atoms with Gasteiger partial charge < -0.3 is 9.16 Å². The highest BCUT2D eigenvalue weighted by Crippen LogP contribution is 2.37. The van der Waals surface area contributed by atoms with Crippen LogP contribution in [-0.2, 0) is 20.4 Å². The minimum Gasteiger partial charge on any atom is -0.460 e. The molecule has 1 aliphatic rings. The van der Waals surface area contributed by atoms with Crippen molar-refractivity contribution < 1.29 is 14.0 Å². The van der Waals surface area contributed by atoms with E-state index < -0.39 is 8.32 Å². The summed E-state index contributed by atoms with van der Waals surface area (Å²) in [6.07, 6.45) is 1.44. The predicted molar refractivity (Wildman–Crippen MR) is 91.3 cm³/mol. The van der Waals surface area contributed by atoms with Crippen molar-refractivity contribution in [2.24, 2.45) is 5.92 Å². The molecule has 3 nitrogen and oxygen atoms in total. The van der Waals surface area contributed by atoms with Crippen LogP contribution in [0.5, 0.6) is 0 Å². The molecule has 0 N–H and O–H groups in total. The number of carbonyl (C=O) groups excluding carboxylic acids is 1. The zero-order valence-electron chi connectivity index (χ0n) is 14.4. The molecule has 2 atom stereocenters. The Morgan fingerprint density at radius 2 is 1.86 bits per heavy atom. The largest absolute Gasteiger partial charge is 0.460 e. The van der Waals surface area contributed by atoms with Gasteiger partial charge in [0.05, 0.1) is 12.5 Å². The number of hydrogen-bond acceptors (Lipinski definition) is 3. The average Bonchev–Trinajstić information content (AvgIpc) is 2.77. The summed E-state index contributed by atoms with van der Waals surface area (Å²) in [5.74, 6) is -0.108. The molecule has 0 radical (unpaired) electrons. The van der Waals surface area contributed by atoms with E-state index in [1.807, 2.05) is 18.2 Å². The van der Waals surface area contributed by atoms with E-state index >= 15 is 0 Å². The first-order valence-corrected chi connectivity index (χ1v) is 11.0. The molecule has 0 aliphatic carbocycles. The first kappa shape index (κ1) is 17.2. The van der Waals surface area contributed by atoms with Crippen LogP contribution in [0.25, 0.3) is 0 Å². The minimum absolute atomic E-state index is 0.0320. The predicted octanol–water partition coefficient (Wildman–Crippen LogP) is 4.18. The number of hydrogen-bond donors (Lipinski definition) is 0. The van der Waals surface area contributed by atoms with Crippen LogP contribution in [0.3, 0.4) is 0 Å². The molecule has 1 heterocycles. The van der Waals surface area contributed by atoms with Crippen molar-refractivity contribution in [2.75, 3.05) is 6.61 Å². The molecule has 1 aromatic carbocycles. The number of esters is 1. The van der Waals surface area contributed by atoms with Crippen molar-refractivity contribution in [3.05, 3.63) is 35.9 Å². The third kappa shape index (κ3) is 4.20. The quantitative estimate of drug-likeness (QED) is 0.603. The molecule has 0 saturated carbocycles. The second-order valence-electron chi connectivity index (χ2n) is 7.75. The van der Waals surface area contributed by atoms with Gasteiger partial charge in [-0.2, -0.15) is 0 Å². The Balaban J connectivity index is 1.87. The van der Waals surface area contributed by atoms with E-state index in [1.165, 1.54) is 5.56 Å². The van der Waals surface area contributed by atoms with Gasteiger partial charge in [-0.3, -0.25) is 4.79 Å². The number of ether oxygens (including phenoxy) is 1. The third-order valence-electron chi connectivity index (χ3n) is 4.92. The fourth-order valence-corrected chi connectivity index (χ4v) is 3.44. The number of rotatable bonds is 5. The number of benzene rings is 1. The monoisotopic (exact) mass is 320 g/mol. The van der Waals surface area contributed by atoms with Crippen LogP contribution >= 0.6 is 0 Å². The molecule has 0 spiro atoms. The van der Waals surface area contributed by atoms with Gasteiger partial charge in [0.2, 0.25) is 0 Å². The molecular weight excluding hydrogens is 292 g/mol. The van der Waals surface area contributed by atoms with E-state index in [0.717, 1.165) is 12.8 Å². The maximum absolute atomic E-state index is 12.0. The highest BCUT2D eigenvalue weighted by atomic mass is 28.4. The summed E-state index contributed by atoms with van der Waals surface area (Å²) in [6, 6.07) is 10.1. The maximum atomic E-state index is 12.0. The molecule has 0 aromatic heterocycles. The van der Waals surface area contributed by atoms with E-state index in [2.05, 4.69) is 46.0 Å². The summed E-state index contributed by atoms with van der Waals surface area (Å²) in [5.41, 5.74) is 1.19. The summed E-state index contributed by atoms with van der Waals surface area (Å²) in [4.78, 5) is 12.0. The van der Waals surface area contributed by atoms with Crippen molar-refractivity contribution in [1.29, 1.82) is 0 Å². The fraction of sp³-hybridized carbons (Fsp3) is 0.611. The molecule has 4 heteroatoms. The van der Waals surface area contributed by atoms with Crippen LogP contribution in [-0.4, -0.2) is 27.0 Å². The Hall–Kier alpha value is -1.13. The summed E-state index contributed by atoms with van der Waals surface area (Å²) < 4.78 is 11.7. The first-order valence-electron chi connectivity index (χ1n) is 8.07. The lowest BCUT2D eigenvalue weighted by Gasteiger charge is -2.36. The Bertz CT molecular complexity index is 505. The molecule has 1 aromatic rings. The van der Waals surface area contributed by atoms with Crippen LogP contribution in [0.2, 0.25) is 18.1 Å². The lowest BCUT2D eigenvalue weighted by molar-refractivity contribution is -0.145. The zero-order chi connectivity index (χ0) is 16.4. The zero-order valence-corrected chi connectivity index (χ0v) is 15.4. The topological polar surface area (TPSA) is 35.5 Å². The fourth-order valence-electron chi connectivity index (χ4n) is 2.41. The Kier molecular flexibility index (Phi) is 5.13. The number of carbonyl (C=O) groups is 1. The van der Waals surface area contributed by atoms with Crippen LogP contribution < -0.4 is 0 Å². The second-order valence-corrected chi connectivity index (χ2v) is 12.6. The Labute approximate surface area is 135 Å². The standard InChI is InChI=1S/C18H28O3Si/c1-18(2,3)22(4,5)20-13-16-12-15(17(19)21-16)11-14-9-7-6-8-10-14/h6-10,15-16H,11-13H2,1-5H3/t15-,16-/m0/s1. The van der Waals surface area contributed by atoms with E-state index in [9.17, 15) is 4.79 Å². The lowest BCUT2D eigenvalue weighted by atomic mass is 9.96. The Morgan fingerprint density at radius 3 is 2.45 bits per heavy atom. The highest BCUT2D eigenvalue weighted by Gasteiger charge is 2.40. The van der Waals surface area contributed by atoms with Crippen molar-refractivity contribution in [2.45, 2.75) is 57.8 Å². The summed E-state index contributed by atoms with van der Waals surface area (Å²) in [7, 11) is -1.78. The van der Waals surface area contributed by atoms with E-state index in [4.69, 9.17) is 9.16 Å². The average molecular weight is 321 g/mol. The van der Waals surface area contributed by atoms with Crippen molar-refractivity contribution in [3.63, 3.8) is 0 Å². The summed E-state index contributed by atoms with van der Waals surface area (Å²) in [6.45, 7) is 11.7. The van der Waals surface area contributed by atoms with Gasteiger partial charge in [0.15, 0.2) is 8.32 Å². The van der Waals surface area contributed by atoms with Gasteiger partial charge in [-0.15, -0.1) is 0 Å². The molecule has 22 heavy (non-hydrogen) atoms. The van der Waals surface area contributed by atoms with Gasteiger partial charge in [0, 0.05) is 6.42 Å². The number of cyclic esters (lactones) is 1. The third-order valence-corrected chi connectivity index (χ3v) is 9.43. The van der Waals surface area contributed by atoms with Crippen LogP contribution in [0.15, 0.2) is 30.3 Å². The molecule has 0 unspecified atom stereocenters. The maximum Gasteiger partial charge on any atom is 0.309 e. The minimum atomic E-state index is -1.78. The molecule has 1 aliphatic heterocycles. The molecule has 0 amide bonds. The molecule has 2 rings (SSSR count). The van der Waals surface area contributed by atoms with Gasteiger partial charge in [-0.25, -0.2) is 0 Å². The molecule has 122 valence electrons. The first-order chi connectivity index (χ1) is 10.2.